The second-order valence-electron chi connectivity index (χ2n) is 16.4. The number of nitrogens with one attached hydrogen (secondary N) is 2. The van der Waals surface area contributed by atoms with Crippen LogP contribution in [0.5, 0.6) is 0 Å². The first-order valence-electron chi connectivity index (χ1n) is 19.5. The number of ether oxygens (including phenoxy) is 3. The van der Waals surface area contributed by atoms with Gasteiger partial charge in [0.05, 0.1) is 40.9 Å². The van der Waals surface area contributed by atoms with Crippen LogP contribution in [0.25, 0.3) is 33.4 Å². The number of thiazole rings is 1. The van der Waals surface area contributed by atoms with Crippen LogP contribution in [0.3, 0.4) is 0 Å². The SMILES string of the molecule is CO[C@@H](C)c1ncccc1-c1c2c3cc(ccc3n1C[C@H](C)OC)-c1csc(n1)C[C@H](NC(=O)C1[C@@H](C)[C@H]1C)C(=O)N1CCC[C@H](N1)C(=O)OCC(C)(C)C2. The predicted molar refractivity (Wildman–Crippen MR) is 212 cm³/mol. The topological polar surface area (TPSA) is 137 Å². The van der Waals surface area contributed by atoms with Crippen LogP contribution < -0.4 is 10.7 Å². The molecule has 0 radical (unpaired) electrons. The van der Waals surface area contributed by atoms with Gasteiger partial charge in [0.1, 0.15) is 12.1 Å². The van der Waals surface area contributed by atoms with Crippen molar-refractivity contribution in [2.45, 2.75) is 98.1 Å². The van der Waals surface area contributed by atoms with Gasteiger partial charge in [0.2, 0.25) is 5.91 Å². The van der Waals surface area contributed by atoms with E-state index < -0.39 is 23.5 Å². The number of fused-ring (bicyclic) bond motifs is 6. The van der Waals surface area contributed by atoms with Gasteiger partial charge in [-0.25, -0.2) is 10.4 Å². The third-order valence-corrected chi connectivity index (χ3v) is 12.7. The molecule has 0 spiro atoms. The molecule has 1 saturated carbocycles. The summed E-state index contributed by atoms with van der Waals surface area (Å²) in [4.78, 5) is 51.1. The highest BCUT2D eigenvalue weighted by Gasteiger charge is 2.49. The van der Waals surface area contributed by atoms with Crippen LogP contribution in [0.4, 0.5) is 0 Å². The maximum absolute atomic E-state index is 14.1. The van der Waals surface area contributed by atoms with Gasteiger partial charge in [-0.1, -0.05) is 33.8 Å². The number of benzene rings is 1. The van der Waals surface area contributed by atoms with Crippen molar-refractivity contribution in [2.75, 3.05) is 27.4 Å². The zero-order valence-electron chi connectivity index (χ0n) is 33.2. The average Bonchev–Trinajstić information content (AvgIpc) is 3.45. The number of hydrogen-bond donors (Lipinski definition) is 2. The van der Waals surface area contributed by atoms with E-state index in [9.17, 15) is 14.4 Å². The fourth-order valence-electron chi connectivity index (χ4n) is 8.16. The minimum absolute atomic E-state index is 0.0866. The molecule has 13 heteroatoms. The van der Waals surface area contributed by atoms with Crippen LogP contribution in [0, 0.1) is 23.2 Å². The standard InChI is InChI=1S/C42H54N6O6S/c1-23(52-7)20-47-34-14-13-27-17-29(34)30(38(47)28-11-9-15-43-37(28)26(4)53-8)19-42(5,6)22-54-41(51)31-12-10-16-48(46-31)40(50)32(18-35-44-33(27)21-55-35)45-39(49)36-24(2)25(36)3/h9,11,13-15,17,21,23-26,31-32,36,46H,10,12,16,18-20,22H2,1-8H3,(H,45,49)/t23-,24-,25+,26-,31-,32-,36?/m0/s1. The zero-order chi connectivity index (χ0) is 39.2. The first-order valence-corrected chi connectivity index (χ1v) is 20.3. The van der Waals surface area contributed by atoms with E-state index in [0.29, 0.717) is 32.4 Å². The molecule has 2 amide bonds. The second kappa shape index (κ2) is 15.8. The number of rotatable bonds is 8. The van der Waals surface area contributed by atoms with Crippen molar-refractivity contribution in [1.82, 2.24) is 30.3 Å². The third-order valence-electron chi connectivity index (χ3n) is 11.8. The Bertz CT molecular complexity index is 2070. The van der Waals surface area contributed by atoms with E-state index in [-0.39, 0.29) is 54.8 Å². The van der Waals surface area contributed by atoms with Crippen molar-refractivity contribution >= 4 is 40.0 Å². The van der Waals surface area contributed by atoms with E-state index in [1.165, 1.54) is 16.3 Å². The van der Waals surface area contributed by atoms with E-state index in [1.807, 2.05) is 18.4 Å². The maximum Gasteiger partial charge on any atom is 0.324 e. The van der Waals surface area contributed by atoms with Gasteiger partial charge in [0.15, 0.2) is 0 Å². The van der Waals surface area contributed by atoms with Crippen LogP contribution in [0.15, 0.2) is 41.9 Å². The quantitative estimate of drug-likeness (QED) is 0.203. The number of hydrazine groups is 1. The van der Waals surface area contributed by atoms with Gasteiger partial charge in [-0.2, -0.15) is 0 Å². The number of cyclic esters (lactones) is 1. The Balaban J connectivity index is 1.38. The molecule has 1 saturated heterocycles. The number of pyridine rings is 1. The summed E-state index contributed by atoms with van der Waals surface area (Å²) >= 11 is 1.48. The molecule has 7 atom stereocenters. The first kappa shape index (κ1) is 39.1. The molecule has 3 aliphatic rings. The van der Waals surface area contributed by atoms with Gasteiger partial charge in [-0.15, -0.1) is 11.3 Å². The molecule has 1 aromatic carbocycles. The number of carbonyl (C=O) groups is 3. The monoisotopic (exact) mass is 770 g/mol. The molecular weight excluding hydrogens is 717 g/mol. The Morgan fingerprint density at radius 3 is 2.65 bits per heavy atom. The van der Waals surface area contributed by atoms with Crippen molar-refractivity contribution in [3.05, 3.63) is 58.2 Å². The summed E-state index contributed by atoms with van der Waals surface area (Å²) < 4.78 is 20.1. The highest BCUT2D eigenvalue weighted by molar-refractivity contribution is 7.10. The highest BCUT2D eigenvalue weighted by atomic mass is 32.1. The minimum Gasteiger partial charge on any atom is -0.464 e. The lowest BCUT2D eigenvalue weighted by Crippen LogP contribution is -2.60. The summed E-state index contributed by atoms with van der Waals surface area (Å²) in [6, 6.07) is 8.95. The highest BCUT2D eigenvalue weighted by Crippen LogP contribution is 2.46. The molecule has 2 fully saturated rings. The fraction of sp³-hybridized carbons (Fsp3) is 0.548. The Labute approximate surface area is 327 Å². The van der Waals surface area contributed by atoms with Gasteiger partial charge >= 0.3 is 5.97 Å². The minimum atomic E-state index is -0.844. The molecule has 3 aromatic heterocycles. The molecule has 2 N–H and O–H groups in total. The van der Waals surface area contributed by atoms with E-state index in [1.54, 1.807) is 20.4 Å². The Kier molecular flexibility index (Phi) is 11.2. The summed E-state index contributed by atoms with van der Waals surface area (Å²) in [6.07, 6.45) is 3.43. The number of hydrogen-bond acceptors (Lipinski definition) is 10. The zero-order valence-corrected chi connectivity index (χ0v) is 34.0. The van der Waals surface area contributed by atoms with Crippen LogP contribution >= 0.6 is 11.3 Å². The third kappa shape index (κ3) is 7.94. The first-order chi connectivity index (χ1) is 26.3. The Hall–Kier alpha value is -4.17. The predicted octanol–water partition coefficient (Wildman–Crippen LogP) is 6.12. The molecular formula is C42H54N6O6S. The normalized spacial score (nSPS) is 25.2. The number of aromatic nitrogens is 3. The fourth-order valence-corrected chi connectivity index (χ4v) is 9.02. The lowest BCUT2D eigenvalue weighted by Gasteiger charge is -2.35. The maximum atomic E-state index is 14.1. The number of amides is 2. The molecule has 7 rings (SSSR count). The van der Waals surface area contributed by atoms with Crippen molar-refractivity contribution < 1.29 is 28.6 Å². The van der Waals surface area contributed by atoms with Gasteiger partial charge < -0.3 is 24.1 Å². The van der Waals surface area contributed by atoms with Crippen molar-refractivity contribution in [3.63, 3.8) is 0 Å². The van der Waals surface area contributed by atoms with Crippen LogP contribution in [0.2, 0.25) is 0 Å². The molecule has 294 valence electrons. The van der Waals surface area contributed by atoms with Gasteiger partial charge in [0, 0.05) is 78.7 Å². The van der Waals surface area contributed by atoms with E-state index >= 15 is 0 Å². The van der Waals surface area contributed by atoms with E-state index in [2.05, 4.69) is 74.2 Å². The van der Waals surface area contributed by atoms with Gasteiger partial charge in [0.25, 0.3) is 5.91 Å². The molecule has 4 aromatic rings. The summed E-state index contributed by atoms with van der Waals surface area (Å²) in [6.45, 7) is 13.6. The largest absolute Gasteiger partial charge is 0.464 e. The van der Waals surface area contributed by atoms with Crippen molar-refractivity contribution in [1.29, 1.82) is 0 Å². The average molecular weight is 771 g/mol. The van der Waals surface area contributed by atoms with Gasteiger partial charge in [-0.05, 0) is 74.8 Å². The summed E-state index contributed by atoms with van der Waals surface area (Å²) in [5.41, 5.74) is 9.38. The summed E-state index contributed by atoms with van der Waals surface area (Å²) in [7, 11) is 3.42. The number of carbonyl (C=O) groups excluding carboxylic acids is 3. The lowest BCUT2D eigenvalue weighted by atomic mass is 9.84. The Morgan fingerprint density at radius 1 is 1.15 bits per heavy atom. The Morgan fingerprint density at radius 2 is 1.93 bits per heavy atom. The molecule has 12 nitrogen and oxygen atoms in total. The number of methoxy groups -OCH3 is 2. The van der Waals surface area contributed by atoms with Gasteiger partial charge in [-0.3, -0.25) is 24.4 Å². The molecule has 6 bridgehead atoms. The second-order valence-corrected chi connectivity index (χ2v) is 17.4. The molecule has 5 heterocycles. The molecule has 55 heavy (non-hydrogen) atoms. The van der Waals surface area contributed by atoms with Crippen LogP contribution in [-0.2, 0) is 48.0 Å². The number of nitrogens with zero attached hydrogens (tertiary/aromatic N) is 4. The summed E-state index contributed by atoms with van der Waals surface area (Å²) in [5, 5.41) is 8.38. The van der Waals surface area contributed by atoms with Crippen molar-refractivity contribution in [2.24, 2.45) is 23.2 Å². The summed E-state index contributed by atoms with van der Waals surface area (Å²) in [5.74, 6) is -0.409. The van der Waals surface area contributed by atoms with E-state index in [4.69, 9.17) is 24.2 Å². The smallest absolute Gasteiger partial charge is 0.324 e. The van der Waals surface area contributed by atoms with Crippen LogP contribution in [-0.4, -0.2) is 82.9 Å². The lowest BCUT2D eigenvalue weighted by molar-refractivity contribution is -0.155. The molecule has 1 unspecified atom stereocenters. The molecule has 2 aliphatic heterocycles. The number of esters is 1. The van der Waals surface area contributed by atoms with Crippen molar-refractivity contribution in [3.8, 4) is 22.5 Å². The van der Waals surface area contributed by atoms with E-state index in [0.717, 1.165) is 49.7 Å². The van der Waals surface area contributed by atoms with Crippen LogP contribution in [0.1, 0.15) is 76.8 Å². The molecule has 1 aliphatic carbocycles.